The number of methoxy groups -OCH3 is 1. The standard InChI is InChI=1S/C20H14O2/c1-22-19-14-12-16-9-5-6-10-17(16)20(19)18(21)13-11-15-7-3-2-4-8-15/h2-10,12,14H,1H3. The van der Waals surface area contributed by atoms with Crippen molar-refractivity contribution in [2.24, 2.45) is 0 Å². The molecule has 0 bridgehead atoms. The zero-order valence-corrected chi connectivity index (χ0v) is 12.2. The summed E-state index contributed by atoms with van der Waals surface area (Å²) >= 11 is 0. The van der Waals surface area contributed by atoms with Crippen molar-refractivity contribution in [1.82, 2.24) is 0 Å². The molecule has 0 radical (unpaired) electrons. The van der Waals surface area contributed by atoms with Crippen molar-refractivity contribution in [2.75, 3.05) is 7.11 Å². The summed E-state index contributed by atoms with van der Waals surface area (Å²) < 4.78 is 5.34. The number of ether oxygens (including phenoxy) is 1. The molecule has 0 aliphatic heterocycles. The molecule has 3 rings (SSSR count). The monoisotopic (exact) mass is 286 g/mol. The van der Waals surface area contributed by atoms with Crippen LogP contribution in [0.2, 0.25) is 0 Å². The molecule has 0 unspecified atom stereocenters. The van der Waals surface area contributed by atoms with E-state index in [1.807, 2.05) is 60.7 Å². The normalized spacial score (nSPS) is 9.86. The minimum atomic E-state index is -0.238. The highest BCUT2D eigenvalue weighted by atomic mass is 16.5. The van der Waals surface area contributed by atoms with Gasteiger partial charge in [0, 0.05) is 5.56 Å². The number of carbonyl (C=O) groups excluding carboxylic acids is 1. The molecular formula is C20H14O2. The van der Waals surface area contributed by atoms with Crippen LogP contribution in [0, 0.1) is 11.8 Å². The Morgan fingerprint density at radius 1 is 0.909 bits per heavy atom. The van der Waals surface area contributed by atoms with E-state index in [0.29, 0.717) is 11.3 Å². The van der Waals surface area contributed by atoms with Gasteiger partial charge in [0.05, 0.1) is 12.7 Å². The number of hydrogen-bond acceptors (Lipinski definition) is 2. The molecule has 0 saturated heterocycles. The second-order valence-electron chi connectivity index (χ2n) is 4.81. The van der Waals surface area contributed by atoms with Gasteiger partial charge in [0.1, 0.15) is 5.75 Å². The first-order chi connectivity index (χ1) is 10.8. The van der Waals surface area contributed by atoms with E-state index in [9.17, 15) is 4.79 Å². The van der Waals surface area contributed by atoms with Gasteiger partial charge in [0.15, 0.2) is 0 Å². The average Bonchev–Trinajstić information content (AvgIpc) is 2.59. The van der Waals surface area contributed by atoms with E-state index in [4.69, 9.17) is 4.74 Å². The van der Waals surface area contributed by atoms with E-state index in [2.05, 4.69) is 11.8 Å². The van der Waals surface area contributed by atoms with Gasteiger partial charge >= 0.3 is 0 Å². The molecule has 0 fully saturated rings. The molecule has 0 aromatic heterocycles. The summed E-state index contributed by atoms with van der Waals surface area (Å²) in [7, 11) is 1.56. The molecule has 2 heteroatoms. The van der Waals surface area contributed by atoms with Crippen LogP contribution in [-0.2, 0) is 0 Å². The lowest BCUT2D eigenvalue weighted by Crippen LogP contribution is -2.01. The Hall–Kier alpha value is -3.05. The third-order valence-electron chi connectivity index (χ3n) is 3.43. The maximum Gasteiger partial charge on any atom is 0.240 e. The molecule has 0 aliphatic rings. The number of benzene rings is 3. The van der Waals surface area contributed by atoms with E-state index in [0.717, 1.165) is 16.3 Å². The Morgan fingerprint density at radius 3 is 2.41 bits per heavy atom. The van der Waals surface area contributed by atoms with E-state index < -0.39 is 0 Å². The van der Waals surface area contributed by atoms with Gasteiger partial charge in [-0.1, -0.05) is 54.5 Å². The van der Waals surface area contributed by atoms with Crippen LogP contribution in [-0.4, -0.2) is 12.9 Å². The zero-order valence-electron chi connectivity index (χ0n) is 12.2. The average molecular weight is 286 g/mol. The minimum absolute atomic E-state index is 0.238. The van der Waals surface area contributed by atoms with Crippen LogP contribution < -0.4 is 4.74 Å². The van der Waals surface area contributed by atoms with Gasteiger partial charge in [-0.05, 0) is 34.9 Å². The topological polar surface area (TPSA) is 26.3 Å². The van der Waals surface area contributed by atoms with Crippen molar-refractivity contribution in [1.29, 1.82) is 0 Å². The van der Waals surface area contributed by atoms with E-state index in [1.165, 1.54) is 0 Å². The molecule has 3 aromatic rings. The molecule has 22 heavy (non-hydrogen) atoms. The third-order valence-corrected chi connectivity index (χ3v) is 3.43. The zero-order chi connectivity index (χ0) is 15.4. The van der Waals surface area contributed by atoms with Crippen molar-refractivity contribution in [3.8, 4) is 17.6 Å². The highest BCUT2D eigenvalue weighted by molar-refractivity contribution is 6.18. The fourth-order valence-corrected chi connectivity index (χ4v) is 2.37. The maximum atomic E-state index is 12.6. The van der Waals surface area contributed by atoms with Crippen molar-refractivity contribution >= 4 is 16.6 Å². The van der Waals surface area contributed by atoms with Crippen LogP contribution in [0.3, 0.4) is 0 Å². The second kappa shape index (κ2) is 6.15. The number of fused-ring (bicyclic) bond motifs is 1. The third kappa shape index (κ3) is 2.70. The van der Waals surface area contributed by atoms with E-state index in [-0.39, 0.29) is 5.78 Å². The quantitative estimate of drug-likeness (QED) is 0.524. The fraction of sp³-hybridized carbons (Fsp3) is 0.0500. The van der Waals surface area contributed by atoms with E-state index in [1.54, 1.807) is 13.2 Å². The Labute approximate surface area is 129 Å². The summed E-state index contributed by atoms with van der Waals surface area (Å²) in [6.07, 6.45) is 0. The minimum Gasteiger partial charge on any atom is -0.496 e. The first-order valence-electron chi connectivity index (χ1n) is 6.97. The predicted molar refractivity (Wildman–Crippen MR) is 88.2 cm³/mol. The van der Waals surface area contributed by atoms with Gasteiger partial charge in [-0.15, -0.1) is 0 Å². The number of hydrogen-bond donors (Lipinski definition) is 0. The van der Waals surface area contributed by atoms with Crippen molar-refractivity contribution in [3.05, 3.63) is 77.9 Å². The Bertz CT molecular complexity index is 884. The van der Waals surface area contributed by atoms with Gasteiger partial charge in [-0.2, -0.15) is 0 Å². The molecule has 2 nitrogen and oxygen atoms in total. The van der Waals surface area contributed by atoms with Gasteiger partial charge < -0.3 is 4.74 Å². The lowest BCUT2D eigenvalue weighted by atomic mass is 10.00. The SMILES string of the molecule is COc1ccc2ccccc2c1C(=O)C#Cc1ccccc1. The summed E-state index contributed by atoms with van der Waals surface area (Å²) in [5, 5.41) is 1.85. The summed E-state index contributed by atoms with van der Waals surface area (Å²) in [5.74, 6) is 5.93. The maximum absolute atomic E-state index is 12.6. The summed E-state index contributed by atoms with van der Waals surface area (Å²) in [6.45, 7) is 0. The summed E-state index contributed by atoms with van der Waals surface area (Å²) in [6, 6.07) is 20.9. The lowest BCUT2D eigenvalue weighted by molar-refractivity contribution is 0.105. The number of ketones is 1. The Balaban J connectivity index is 2.09. The lowest BCUT2D eigenvalue weighted by Gasteiger charge is -2.08. The molecule has 3 aromatic carbocycles. The number of carbonyl (C=O) groups is 1. The molecular weight excluding hydrogens is 272 g/mol. The van der Waals surface area contributed by atoms with Crippen LogP contribution in [0.4, 0.5) is 0 Å². The van der Waals surface area contributed by atoms with Crippen molar-refractivity contribution in [2.45, 2.75) is 0 Å². The first-order valence-corrected chi connectivity index (χ1v) is 6.97. The highest BCUT2D eigenvalue weighted by Crippen LogP contribution is 2.28. The van der Waals surface area contributed by atoms with Crippen LogP contribution in [0.25, 0.3) is 10.8 Å². The van der Waals surface area contributed by atoms with Gasteiger partial charge in [-0.25, -0.2) is 0 Å². The molecule has 0 N–H and O–H groups in total. The highest BCUT2D eigenvalue weighted by Gasteiger charge is 2.14. The molecule has 0 saturated carbocycles. The molecule has 106 valence electrons. The molecule has 0 amide bonds. The summed E-state index contributed by atoms with van der Waals surface area (Å²) in [4.78, 5) is 12.6. The van der Waals surface area contributed by atoms with Crippen molar-refractivity contribution < 1.29 is 9.53 Å². The van der Waals surface area contributed by atoms with Gasteiger partial charge in [0.2, 0.25) is 5.78 Å². The Morgan fingerprint density at radius 2 is 1.64 bits per heavy atom. The van der Waals surface area contributed by atoms with Crippen LogP contribution >= 0.6 is 0 Å². The smallest absolute Gasteiger partial charge is 0.240 e. The number of Topliss-reactive ketones (excluding diaryl/α,β-unsaturated/α-hetero) is 1. The summed E-state index contributed by atoms with van der Waals surface area (Å²) in [5.41, 5.74) is 1.33. The van der Waals surface area contributed by atoms with Crippen LogP contribution in [0.5, 0.6) is 5.75 Å². The Kier molecular flexibility index (Phi) is 3.89. The van der Waals surface area contributed by atoms with Gasteiger partial charge in [0.25, 0.3) is 0 Å². The molecule has 0 spiro atoms. The van der Waals surface area contributed by atoms with Crippen LogP contribution in [0.15, 0.2) is 66.7 Å². The number of rotatable bonds is 2. The molecule has 0 aliphatic carbocycles. The van der Waals surface area contributed by atoms with Crippen molar-refractivity contribution in [3.63, 3.8) is 0 Å². The predicted octanol–water partition coefficient (Wildman–Crippen LogP) is 4.08. The largest absolute Gasteiger partial charge is 0.496 e. The van der Waals surface area contributed by atoms with Gasteiger partial charge in [-0.3, -0.25) is 4.79 Å². The van der Waals surface area contributed by atoms with Crippen LogP contribution in [0.1, 0.15) is 15.9 Å². The molecule has 0 atom stereocenters. The molecule has 0 heterocycles. The fourth-order valence-electron chi connectivity index (χ4n) is 2.37. The van der Waals surface area contributed by atoms with E-state index >= 15 is 0 Å². The second-order valence-corrected chi connectivity index (χ2v) is 4.81. The first kappa shape index (κ1) is 13.9.